The van der Waals surface area contributed by atoms with Crippen molar-refractivity contribution in [3.8, 4) is 0 Å². The fourth-order valence-electron chi connectivity index (χ4n) is 2.13. The van der Waals surface area contributed by atoms with E-state index in [1.165, 1.54) is 12.8 Å². The molecule has 0 bridgehead atoms. The zero-order valence-electron chi connectivity index (χ0n) is 9.65. The molecule has 0 aromatic rings. The number of amides is 1. The Morgan fingerprint density at radius 1 is 1.47 bits per heavy atom. The number of nitrogens with two attached hydrogens (primary N) is 1. The zero-order chi connectivity index (χ0) is 11.4. The largest absolute Gasteiger partial charge is 0.368 e. The third-order valence-electron chi connectivity index (χ3n) is 3.20. The second-order valence-electron chi connectivity index (χ2n) is 4.77. The quantitative estimate of drug-likeness (QED) is 0.667. The summed E-state index contributed by atoms with van der Waals surface area (Å²) in [6.45, 7) is 3.28. The Bertz CT molecular complexity index is 211. The van der Waals surface area contributed by atoms with Gasteiger partial charge in [0.1, 0.15) is 0 Å². The van der Waals surface area contributed by atoms with Gasteiger partial charge in [-0.2, -0.15) is 12.6 Å². The first-order chi connectivity index (χ1) is 7.00. The van der Waals surface area contributed by atoms with Gasteiger partial charge in [-0.3, -0.25) is 9.69 Å². The van der Waals surface area contributed by atoms with Crippen molar-refractivity contribution in [3.63, 3.8) is 0 Å². The van der Waals surface area contributed by atoms with Gasteiger partial charge in [0.15, 0.2) is 0 Å². The van der Waals surface area contributed by atoms with Crippen LogP contribution >= 0.6 is 12.6 Å². The van der Waals surface area contributed by atoms with Crippen LogP contribution in [0.15, 0.2) is 0 Å². The van der Waals surface area contributed by atoms with Crippen molar-refractivity contribution < 1.29 is 4.79 Å². The van der Waals surface area contributed by atoms with Crippen LogP contribution in [0.4, 0.5) is 0 Å². The van der Waals surface area contributed by atoms with Gasteiger partial charge in [-0.1, -0.05) is 6.92 Å². The number of hydrogen-bond donors (Lipinski definition) is 2. The Morgan fingerprint density at radius 2 is 2.07 bits per heavy atom. The van der Waals surface area contributed by atoms with Crippen LogP contribution in [0, 0.1) is 5.92 Å². The summed E-state index contributed by atoms with van der Waals surface area (Å²) < 4.78 is 0. The molecule has 2 fully saturated rings. The molecule has 1 saturated carbocycles. The molecule has 1 aliphatic heterocycles. The molecule has 1 aliphatic carbocycles. The van der Waals surface area contributed by atoms with Crippen LogP contribution in [0.25, 0.3) is 0 Å². The van der Waals surface area contributed by atoms with Crippen LogP contribution in [0.3, 0.4) is 0 Å². The minimum atomic E-state index is -0.185. The van der Waals surface area contributed by atoms with E-state index >= 15 is 0 Å². The van der Waals surface area contributed by atoms with Crippen LogP contribution < -0.4 is 5.73 Å². The normalized spacial score (nSPS) is 35.3. The molecule has 4 heteroatoms. The molecule has 1 unspecified atom stereocenters. The summed E-state index contributed by atoms with van der Waals surface area (Å²) in [6, 6.07) is 0.00463. The monoisotopic (exact) mass is 230 g/mol. The number of thiol groups is 1. The van der Waals surface area contributed by atoms with E-state index in [1.54, 1.807) is 0 Å². The fraction of sp³-hybridized carbons (Fsp3) is 0.909. The van der Waals surface area contributed by atoms with Gasteiger partial charge in [0, 0.05) is 5.25 Å². The molecule has 2 N–H and O–H groups in total. The predicted molar refractivity (Wildman–Crippen MR) is 66.0 cm³/mol. The number of rotatable bonds is 1. The number of hydrogen-bond acceptors (Lipinski definition) is 3. The lowest BCUT2D eigenvalue weighted by Crippen LogP contribution is -2.37. The molecule has 0 spiro atoms. The van der Waals surface area contributed by atoms with Crippen molar-refractivity contribution in [2.75, 3.05) is 13.6 Å². The highest BCUT2D eigenvalue weighted by atomic mass is 32.1. The van der Waals surface area contributed by atoms with E-state index in [1.807, 2.05) is 11.9 Å². The van der Waals surface area contributed by atoms with Crippen molar-refractivity contribution >= 4 is 18.5 Å². The molecule has 1 atom stereocenters. The summed E-state index contributed by atoms with van der Waals surface area (Å²) in [7, 11) is 1.93. The molecule has 88 valence electrons. The van der Waals surface area contributed by atoms with Crippen molar-refractivity contribution in [2.24, 2.45) is 11.7 Å². The molecule has 2 rings (SSSR count). The lowest BCUT2D eigenvalue weighted by molar-refractivity contribution is -0.121. The van der Waals surface area contributed by atoms with E-state index < -0.39 is 0 Å². The summed E-state index contributed by atoms with van der Waals surface area (Å²) >= 11 is 4.24. The van der Waals surface area contributed by atoms with Crippen molar-refractivity contribution in [1.82, 2.24) is 4.90 Å². The van der Waals surface area contributed by atoms with E-state index in [9.17, 15) is 4.79 Å². The van der Waals surface area contributed by atoms with Crippen LogP contribution in [-0.2, 0) is 4.79 Å². The average molecular weight is 230 g/mol. The van der Waals surface area contributed by atoms with Gasteiger partial charge in [0.25, 0.3) is 0 Å². The number of carbonyl (C=O) groups excluding carboxylic acids is 1. The smallest absolute Gasteiger partial charge is 0.234 e. The zero-order valence-corrected chi connectivity index (χ0v) is 10.5. The Morgan fingerprint density at radius 3 is 2.20 bits per heavy atom. The van der Waals surface area contributed by atoms with E-state index in [4.69, 9.17) is 5.73 Å². The Hall–Kier alpha value is -0.220. The molecule has 3 nitrogen and oxygen atoms in total. The molecule has 1 saturated heterocycles. The molecular weight excluding hydrogens is 208 g/mol. The van der Waals surface area contributed by atoms with Gasteiger partial charge in [0.05, 0.1) is 6.04 Å². The minimum absolute atomic E-state index is 0.00463. The molecular formula is C11H22N2OS. The second kappa shape index (κ2) is 5.75. The third-order valence-corrected chi connectivity index (χ3v) is 3.62. The highest BCUT2D eigenvalue weighted by molar-refractivity contribution is 7.81. The van der Waals surface area contributed by atoms with Crippen LogP contribution in [-0.4, -0.2) is 35.7 Å². The van der Waals surface area contributed by atoms with Crippen molar-refractivity contribution in [1.29, 1.82) is 0 Å². The molecule has 0 radical (unpaired) electrons. The van der Waals surface area contributed by atoms with Gasteiger partial charge in [-0.05, 0) is 45.2 Å². The number of likely N-dealkylation sites (tertiary alicyclic amines) is 1. The molecule has 1 heterocycles. The third kappa shape index (κ3) is 4.03. The second-order valence-corrected chi connectivity index (χ2v) is 5.50. The van der Waals surface area contributed by atoms with E-state index in [-0.39, 0.29) is 11.9 Å². The standard InChI is InChI=1S/C6H12N2O.C5H10S/c1-8-4-2-3-5(8)6(7)9;1-4-2-5(6)3-4/h5H,2-4H2,1H3,(H2,7,9);4-6H,2-3H2,1H3. The first-order valence-electron chi connectivity index (χ1n) is 5.68. The summed E-state index contributed by atoms with van der Waals surface area (Å²) in [5.74, 6) is 0.780. The lowest BCUT2D eigenvalue weighted by atomic mass is 9.87. The maximum atomic E-state index is 10.6. The van der Waals surface area contributed by atoms with Gasteiger partial charge in [-0.15, -0.1) is 0 Å². The predicted octanol–water partition coefficient (Wildman–Crippen LogP) is 1.28. The first kappa shape index (κ1) is 12.8. The Labute approximate surface area is 97.8 Å². The van der Waals surface area contributed by atoms with Crippen molar-refractivity contribution in [3.05, 3.63) is 0 Å². The van der Waals surface area contributed by atoms with Gasteiger partial charge < -0.3 is 5.73 Å². The van der Waals surface area contributed by atoms with Gasteiger partial charge >= 0.3 is 0 Å². The lowest BCUT2D eigenvalue weighted by Gasteiger charge is -2.27. The molecule has 0 aromatic carbocycles. The highest BCUT2D eigenvalue weighted by Crippen LogP contribution is 2.30. The van der Waals surface area contributed by atoms with Gasteiger partial charge in [0.2, 0.25) is 5.91 Å². The van der Waals surface area contributed by atoms with Crippen LogP contribution in [0.5, 0.6) is 0 Å². The van der Waals surface area contributed by atoms with Gasteiger partial charge in [-0.25, -0.2) is 0 Å². The molecule has 15 heavy (non-hydrogen) atoms. The average Bonchev–Trinajstić information content (AvgIpc) is 2.50. The maximum Gasteiger partial charge on any atom is 0.234 e. The molecule has 1 amide bonds. The number of likely N-dealkylation sites (N-methyl/N-ethyl adjacent to an activating group) is 1. The summed E-state index contributed by atoms with van der Waals surface area (Å²) in [5, 5.41) is 0.736. The van der Waals surface area contributed by atoms with Crippen molar-refractivity contribution in [2.45, 2.75) is 43.9 Å². The highest BCUT2D eigenvalue weighted by Gasteiger charge is 2.25. The number of nitrogens with zero attached hydrogens (tertiary/aromatic N) is 1. The summed E-state index contributed by atoms with van der Waals surface area (Å²) in [4.78, 5) is 12.6. The van der Waals surface area contributed by atoms with E-state index in [0.29, 0.717) is 0 Å². The first-order valence-corrected chi connectivity index (χ1v) is 6.20. The topological polar surface area (TPSA) is 46.3 Å². The van der Waals surface area contributed by atoms with Crippen LogP contribution in [0.2, 0.25) is 0 Å². The summed E-state index contributed by atoms with van der Waals surface area (Å²) in [6.07, 6.45) is 4.71. The fourth-order valence-corrected chi connectivity index (χ4v) is 2.85. The van der Waals surface area contributed by atoms with Crippen LogP contribution in [0.1, 0.15) is 32.6 Å². The van der Waals surface area contributed by atoms with E-state index in [0.717, 1.165) is 30.6 Å². The summed E-state index contributed by atoms with van der Waals surface area (Å²) in [5.41, 5.74) is 5.11. The number of primary amides is 1. The number of carbonyl (C=O) groups is 1. The van der Waals surface area contributed by atoms with E-state index in [2.05, 4.69) is 19.6 Å². The Balaban J connectivity index is 0.000000162. The Kier molecular flexibility index (Phi) is 4.93. The minimum Gasteiger partial charge on any atom is -0.368 e. The maximum absolute atomic E-state index is 10.6. The SMILES string of the molecule is CC1CC(S)C1.CN1CCCC1C(N)=O. The molecule has 2 aliphatic rings. The molecule has 0 aromatic heterocycles.